The van der Waals surface area contributed by atoms with E-state index in [1.54, 1.807) is 0 Å². The molecule has 1 atom stereocenters. The first-order valence-corrected chi connectivity index (χ1v) is 6.33. The zero-order valence-electron chi connectivity index (χ0n) is 9.34. The number of nitrogens with one attached hydrogen (secondary N) is 1. The average Bonchev–Trinajstić information content (AvgIpc) is 2.47. The van der Waals surface area contributed by atoms with E-state index in [1.807, 2.05) is 18.2 Å². The molecule has 1 aliphatic heterocycles. The van der Waals surface area contributed by atoms with Gasteiger partial charge >= 0.3 is 0 Å². The Labute approximate surface area is 107 Å². The summed E-state index contributed by atoms with van der Waals surface area (Å²) in [6, 6.07) is 5.84. The van der Waals surface area contributed by atoms with Gasteiger partial charge in [-0.1, -0.05) is 30.1 Å². The van der Waals surface area contributed by atoms with Crippen molar-refractivity contribution < 1.29 is 0 Å². The van der Waals surface area contributed by atoms with Crippen LogP contribution < -0.4 is 10.2 Å². The molecule has 0 aliphatic carbocycles. The normalized spacial score (nSPS) is 21.9. The molecule has 4 heteroatoms. The lowest BCUT2D eigenvalue weighted by Crippen LogP contribution is -2.29. The third kappa shape index (κ3) is 2.82. The molecule has 1 aliphatic rings. The van der Waals surface area contributed by atoms with E-state index in [1.165, 1.54) is 0 Å². The molecule has 1 saturated heterocycles. The number of nitrogens with zero attached hydrogens (tertiary/aromatic N) is 1. The number of halogens is 2. The van der Waals surface area contributed by atoms with Gasteiger partial charge in [0.1, 0.15) is 0 Å². The van der Waals surface area contributed by atoms with Crippen LogP contribution in [0.3, 0.4) is 0 Å². The van der Waals surface area contributed by atoms with Crippen LogP contribution in [0.2, 0.25) is 10.0 Å². The van der Waals surface area contributed by atoms with E-state index < -0.39 is 0 Å². The monoisotopic (exact) mass is 258 g/mol. The van der Waals surface area contributed by atoms with Gasteiger partial charge in [-0.15, -0.1) is 0 Å². The van der Waals surface area contributed by atoms with Crippen molar-refractivity contribution in [3.8, 4) is 0 Å². The molecule has 0 spiro atoms. The molecule has 2 nitrogen and oxygen atoms in total. The maximum atomic E-state index is 6.04. The Kier molecular flexibility index (Phi) is 3.95. The van der Waals surface area contributed by atoms with Crippen LogP contribution in [0.1, 0.15) is 6.92 Å². The van der Waals surface area contributed by atoms with Crippen LogP contribution in [-0.2, 0) is 0 Å². The highest BCUT2D eigenvalue weighted by Crippen LogP contribution is 2.27. The molecule has 0 bridgehead atoms. The van der Waals surface area contributed by atoms with E-state index >= 15 is 0 Å². The first kappa shape index (κ1) is 12.0. The van der Waals surface area contributed by atoms with E-state index in [2.05, 4.69) is 17.1 Å². The molecule has 1 N–H and O–H groups in total. The Morgan fingerprint density at radius 3 is 2.88 bits per heavy atom. The Balaban J connectivity index is 2.18. The molecule has 2 rings (SSSR count). The van der Waals surface area contributed by atoms with Crippen molar-refractivity contribution in [1.29, 1.82) is 0 Å². The SMILES string of the molecule is CC1CNCCN(c2ccc(Cl)c(Cl)c2)C1. The van der Waals surface area contributed by atoms with Crippen molar-refractivity contribution in [3.63, 3.8) is 0 Å². The van der Waals surface area contributed by atoms with Gasteiger partial charge in [0.15, 0.2) is 0 Å². The quantitative estimate of drug-likeness (QED) is 0.833. The zero-order valence-corrected chi connectivity index (χ0v) is 10.9. The van der Waals surface area contributed by atoms with Gasteiger partial charge < -0.3 is 10.2 Å². The predicted octanol–water partition coefficient (Wildman–Crippen LogP) is 3.04. The highest BCUT2D eigenvalue weighted by Gasteiger charge is 2.15. The van der Waals surface area contributed by atoms with Gasteiger partial charge in [0, 0.05) is 25.3 Å². The molecule has 1 aromatic rings. The molecule has 16 heavy (non-hydrogen) atoms. The van der Waals surface area contributed by atoms with Crippen LogP contribution in [0.4, 0.5) is 5.69 Å². The standard InChI is InChI=1S/C12H16Cl2N2/c1-9-7-15-4-5-16(8-9)10-2-3-11(13)12(14)6-10/h2-3,6,9,15H,4-5,7-8H2,1H3. The molecule has 0 amide bonds. The number of rotatable bonds is 1. The van der Waals surface area contributed by atoms with E-state index in [4.69, 9.17) is 23.2 Å². The third-order valence-electron chi connectivity index (χ3n) is 2.85. The summed E-state index contributed by atoms with van der Waals surface area (Å²) in [4.78, 5) is 2.35. The van der Waals surface area contributed by atoms with Gasteiger partial charge in [-0.25, -0.2) is 0 Å². The summed E-state index contributed by atoms with van der Waals surface area (Å²) in [5.74, 6) is 0.650. The average molecular weight is 259 g/mol. The lowest BCUT2D eigenvalue weighted by atomic mass is 10.1. The molecule has 1 unspecified atom stereocenters. The maximum absolute atomic E-state index is 6.04. The molecule has 1 heterocycles. The van der Waals surface area contributed by atoms with Crippen LogP contribution in [0.5, 0.6) is 0 Å². The van der Waals surface area contributed by atoms with Gasteiger partial charge in [-0.05, 0) is 30.7 Å². The fraction of sp³-hybridized carbons (Fsp3) is 0.500. The fourth-order valence-corrected chi connectivity index (χ4v) is 2.30. The molecule has 1 aromatic carbocycles. The minimum atomic E-state index is 0.617. The molecule has 0 aromatic heterocycles. The Bertz CT molecular complexity index is 368. The van der Waals surface area contributed by atoms with Crippen molar-refractivity contribution in [2.75, 3.05) is 31.1 Å². The Morgan fingerprint density at radius 1 is 1.31 bits per heavy atom. The van der Waals surface area contributed by atoms with Crippen molar-refractivity contribution in [1.82, 2.24) is 5.32 Å². The summed E-state index contributed by atoms with van der Waals surface area (Å²) in [6.45, 7) is 6.43. The predicted molar refractivity (Wildman–Crippen MR) is 70.7 cm³/mol. The second-order valence-electron chi connectivity index (χ2n) is 4.35. The lowest BCUT2D eigenvalue weighted by molar-refractivity contribution is 0.564. The zero-order chi connectivity index (χ0) is 11.5. The van der Waals surface area contributed by atoms with Crippen LogP contribution in [0, 0.1) is 5.92 Å². The largest absolute Gasteiger partial charge is 0.370 e. The van der Waals surface area contributed by atoms with Crippen molar-refractivity contribution in [2.24, 2.45) is 5.92 Å². The summed E-state index contributed by atoms with van der Waals surface area (Å²) >= 11 is 12.0. The minimum Gasteiger partial charge on any atom is -0.370 e. The number of benzene rings is 1. The van der Waals surface area contributed by atoms with Crippen molar-refractivity contribution >= 4 is 28.9 Å². The van der Waals surface area contributed by atoms with Gasteiger partial charge in [-0.2, -0.15) is 0 Å². The number of hydrogen-bond acceptors (Lipinski definition) is 2. The van der Waals surface area contributed by atoms with E-state index in [0.717, 1.165) is 31.9 Å². The summed E-state index contributed by atoms with van der Waals surface area (Å²) in [5.41, 5.74) is 1.16. The molecular formula is C12H16Cl2N2. The molecule has 88 valence electrons. The van der Waals surface area contributed by atoms with E-state index in [9.17, 15) is 0 Å². The van der Waals surface area contributed by atoms with Crippen molar-refractivity contribution in [2.45, 2.75) is 6.92 Å². The maximum Gasteiger partial charge on any atom is 0.0612 e. The second-order valence-corrected chi connectivity index (χ2v) is 5.17. The first-order chi connectivity index (χ1) is 7.66. The van der Waals surface area contributed by atoms with Crippen LogP contribution in [-0.4, -0.2) is 26.2 Å². The van der Waals surface area contributed by atoms with E-state index in [0.29, 0.717) is 16.0 Å². The van der Waals surface area contributed by atoms with E-state index in [-0.39, 0.29) is 0 Å². The lowest BCUT2D eigenvalue weighted by Gasteiger charge is -2.24. The molecule has 0 radical (unpaired) electrons. The number of hydrogen-bond donors (Lipinski definition) is 1. The van der Waals surface area contributed by atoms with Crippen LogP contribution in [0.25, 0.3) is 0 Å². The molecule has 0 saturated carbocycles. The number of anilines is 1. The molecular weight excluding hydrogens is 243 g/mol. The highest BCUT2D eigenvalue weighted by atomic mass is 35.5. The first-order valence-electron chi connectivity index (χ1n) is 5.57. The summed E-state index contributed by atoms with van der Waals surface area (Å²) in [7, 11) is 0. The van der Waals surface area contributed by atoms with Gasteiger partial charge in [0.05, 0.1) is 10.0 Å². The Morgan fingerprint density at radius 2 is 2.12 bits per heavy atom. The van der Waals surface area contributed by atoms with Crippen LogP contribution in [0.15, 0.2) is 18.2 Å². The van der Waals surface area contributed by atoms with Gasteiger partial charge in [0.25, 0.3) is 0 Å². The van der Waals surface area contributed by atoms with Crippen LogP contribution >= 0.6 is 23.2 Å². The topological polar surface area (TPSA) is 15.3 Å². The van der Waals surface area contributed by atoms with Gasteiger partial charge in [-0.3, -0.25) is 0 Å². The minimum absolute atomic E-state index is 0.617. The second kappa shape index (κ2) is 5.26. The highest BCUT2D eigenvalue weighted by molar-refractivity contribution is 6.42. The summed E-state index contributed by atoms with van der Waals surface area (Å²) in [5, 5.41) is 4.67. The fourth-order valence-electron chi connectivity index (χ4n) is 2.01. The summed E-state index contributed by atoms with van der Waals surface area (Å²) in [6.07, 6.45) is 0. The van der Waals surface area contributed by atoms with Gasteiger partial charge in [0.2, 0.25) is 0 Å². The molecule has 1 fully saturated rings. The smallest absolute Gasteiger partial charge is 0.0612 e. The summed E-state index contributed by atoms with van der Waals surface area (Å²) < 4.78 is 0. The Hall–Kier alpha value is -0.440. The third-order valence-corrected chi connectivity index (χ3v) is 3.59. The van der Waals surface area contributed by atoms with Crippen molar-refractivity contribution in [3.05, 3.63) is 28.2 Å².